The first-order valence-electron chi connectivity index (χ1n) is 5.16. The SMILES string of the molecule is NC1C=C(COC(=O)c2ccccc2)NC1=O. The predicted molar refractivity (Wildman–Crippen MR) is 60.9 cm³/mol. The molecule has 1 unspecified atom stereocenters. The molecule has 0 aromatic heterocycles. The second-order valence-electron chi connectivity index (χ2n) is 3.65. The summed E-state index contributed by atoms with van der Waals surface area (Å²) >= 11 is 0. The van der Waals surface area contributed by atoms with Crippen molar-refractivity contribution >= 4 is 11.9 Å². The Morgan fingerprint density at radius 2 is 2.06 bits per heavy atom. The first-order valence-corrected chi connectivity index (χ1v) is 5.16. The van der Waals surface area contributed by atoms with Crippen molar-refractivity contribution in [3.63, 3.8) is 0 Å². The van der Waals surface area contributed by atoms with E-state index in [1.54, 1.807) is 30.3 Å². The van der Waals surface area contributed by atoms with Crippen molar-refractivity contribution in [3.8, 4) is 0 Å². The number of rotatable bonds is 3. The summed E-state index contributed by atoms with van der Waals surface area (Å²) in [4.78, 5) is 22.6. The normalized spacial score (nSPS) is 18.5. The fraction of sp³-hybridized carbons (Fsp3) is 0.167. The zero-order valence-electron chi connectivity index (χ0n) is 9.05. The van der Waals surface area contributed by atoms with Crippen molar-refractivity contribution in [2.45, 2.75) is 6.04 Å². The van der Waals surface area contributed by atoms with Crippen LogP contribution < -0.4 is 11.1 Å². The lowest BCUT2D eigenvalue weighted by atomic mass is 10.2. The Bertz CT molecular complexity index is 468. The van der Waals surface area contributed by atoms with Crippen molar-refractivity contribution in [2.24, 2.45) is 5.73 Å². The van der Waals surface area contributed by atoms with Gasteiger partial charge in [0.25, 0.3) is 0 Å². The molecule has 3 N–H and O–H groups in total. The Kier molecular flexibility index (Phi) is 3.20. The molecule has 0 radical (unpaired) electrons. The molecule has 1 aromatic carbocycles. The van der Waals surface area contributed by atoms with Gasteiger partial charge >= 0.3 is 5.97 Å². The summed E-state index contributed by atoms with van der Waals surface area (Å²) in [6, 6.07) is 7.99. The van der Waals surface area contributed by atoms with Gasteiger partial charge in [-0.25, -0.2) is 4.79 Å². The number of benzene rings is 1. The van der Waals surface area contributed by atoms with Crippen LogP contribution >= 0.6 is 0 Å². The highest BCUT2D eigenvalue weighted by molar-refractivity contribution is 5.90. The van der Waals surface area contributed by atoms with E-state index >= 15 is 0 Å². The number of ether oxygens (including phenoxy) is 1. The number of nitrogens with two attached hydrogens (primary N) is 1. The maximum Gasteiger partial charge on any atom is 0.338 e. The van der Waals surface area contributed by atoms with E-state index < -0.39 is 12.0 Å². The molecule has 0 aliphatic carbocycles. The molecule has 1 aromatic rings. The number of nitrogens with one attached hydrogen (secondary N) is 1. The Balaban J connectivity index is 1.90. The van der Waals surface area contributed by atoms with Gasteiger partial charge in [-0.2, -0.15) is 0 Å². The highest BCUT2D eigenvalue weighted by atomic mass is 16.5. The Morgan fingerprint density at radius 3 is 2.65 bits per heavy atom. The average molecular weight is 232 g/mol. The van der Waals surface area contributed by atoms with E-state index in [9.17, 15) is 9.59 Å². The molecule has 0 spiro atoms. The van der Waals surface area contributed by atoms with Crippen LogP contribution in [0.3, 0.4) is 0 Å². The summed E-state index contributed by atoms with van der Waals surface area (Å²) < 4.78 is 5.03. The van der Waals surface area contributed by atoms with Crippen LogP contribution in [-0.2, 0) is 9.53 Å². The van der Waals surface area contributed by atoms with E-state index in [1.165, 1.54) is 0 Å². The summed E-state index contributed by atoms with van der Waals surface area (Å²) in [6.07, 6.45) is 1.54. The minimum absolute atomic E-state index is 0.0210. The zero-order chi connectivity index (χ0) is 12.3. The molecule has 1 heterocycles. The molecule has 1 amide bonds. The lowest BCUT2D eigenvalue weighted by molar-refractivity contribution is -0.119. The maximum absolute atomic E-state index is 11.6. The highest BCUT2D eigenvalue weighted by Gasteiger charge is 2.21. The number of hydrogen-bond acceptors (Lipinski definition) is 4. The van der Waals surface area contributed by atoms with Gasteiger partial charge in [-0.1, -0.05) is 18.2 Å². The summed E-state index contributed by atoms with van der Waals surface area (Å²) in [5.41, 5.74) is 6.45. The van der Waals surface area contributed by atoms with Gasteiger partial charge in [0.15, 0.2) is 0 Å². The van der Waals surface area contributed by atoms with E-state index in [-0.39, 0.29) is 12.5 Å². The van der Waals surface area contributed by atoms with Gasteiger partial charge in [-0.05, 0) is 18.2 Å². The summed E-state index contributed by atoms with van der Waals surface area (Å²) in [5, 5.41) is 2.53. The summed E-state index contributed by atoms with van der Waals surface area (Å²) in [7, 11) is 0. The van der Waals surface area contributed by atoms with E-state index in [2.05, 4.69) is 5.32 Å². The first kappa shape index (κ1) is 11.3. The van der Waals surface area contributed by atoms with Crippen LogP contribution in [0.2, 0.25) is 0 Å². The zero-order valence-corrected chi connectivity index (χ0v) is 9.05. The molecule has 88 valence electrons. The van der Waals surface area contributed by atoms with E-state index in [0.717, 1.165) is 0 Å². The average Bonchev–Trinajstić information content (AvgIpc) is 2.67. The van der Waals surface area contributed by atoms with Gasteiger partial charge in [-0.15, -0.1) is 0 Å². The Hall–Kier alpha value is -2.14. The third-order valence-corrected chi connectivity index (χ3v) is 2.34. The molecular formula is C12H12N2O3. The smallest absolute Gasteiger partial charge is 0.338 e. The van der Waals surface area contributed by atoms with Crippen molar-refractivity contribution in [1.29, 1.82) is 0 Å². The van der Waals surface area contributed by atoms with Crippen LogP contribution in [0.15, 0.2) is 42.1 Å². The standard InChI is InChI=1S/C12H12N2O3/c13-10-6-9(14-11(10)15)7-17-12(16)8-4-2-1-3-5-8/h1-6,10H,7,13H2,(H,14,15). The molecule has 1 aliphatic rings. The molecule has 0 saturated heterocycles. The number of carbonyl (C=O) groups excluding carboxylic acids is 2. The number of hydrogen-bond donors (Lipinski definition) is 2. The lowest BCUT2D eigenvalue weighted by Gasteiger charge is -2.05. The largest absolute Gasteiger partial charge is 0.456 e. The van der Waals surface area contributed by atoms with Crippen LogP contribution in [-0.4, -0.2) is 24.5 Å². The third kappa shape index (κ3) is 2.70. The van der Waals surface area contributed by atoms with E-state index in [0.29, 0.717) is 11.3 Å². The molecule has 17 heavy (non-hydrogen) atoms. The number of esters is 1. The molecule has 0 fully saturated rings. The fourth-order valence-electron chi connectivity index (χ4n) is 1.46. The Morgan fingerprint density at radius 1 is 1.35 bits per heavy atom. The van der Waals surface area contributed by atoms with E-state index in [1.807, 2.05) is 6.07 Å². The molecule has 5 heteroatoms. The maximum atomic E-state index is 11.6. The molecule has 2 rings (SSSR count). The highest BCUT2D eigenvalue weighted by Crippen LogP contribution is 2.06. The van der Waals surface area contributed by atoms with Crippen molar-refractivity contribution < 1.29 is 14.3 Å². The number of amides is 1. The fourth-order valence-corrected chi connectivity index (χ4v) is 1.46. The summed E-state index contributed by atoms with van der Waals surface area (Å²) in [5.74, 6) is -0.711. The summed E-state index contributed by atoms with van der Waals surface area (Å²) in [6.45, 7) is 0.0210. The minimum Gasteiger partial charge on any atom is -0.456 e. The van der Waals surface area contributed by atoms with Crippen molar-refractivity contribution in [2.75, 3.05) is 6.61 Å². The topological polar surface area (TPSA) is 81.4 Å². The monoisotopic (exact) mass is 232 g/mol. The van der Waals surface area contributed by atoms with Gasteiger partial charge in [0.1, 0.15) is 12.6 Å². The molecular weight excluding hydrogens is 220 g/mol. The molecule has 1 atom stereocenters. The Labute approximate surface area is 98.3 Å². The van der Waals surface area contributed by atoms with Crippen molar-refractivity contribution in [1.82, 2.24) is 5.32 Å². The van der Waals surface area contributed by atoms with Crippen molar-refractivity contribution in [3.05, 3.63) is 47.7 Å². The second-order valence-corrected chi connectivity index (χ2v) is 3.65. The predicted octanol–water partition coefficient (Wildman–Crippen LogP) is 0.184. The van der Waals surface area contributed by atoms with Gasteiger partial charge in [-0.3, -0.25) is 4.79 Å². The van der Waals surface area contributed by atoms with Crippen LogP contribution in [0.4, 0.5) is 0 Å². The third-order valence-electron chi connectivity index (χ3n) is 2.34. The van der Waals surface area contributed by atoms with Crippen LogP contribution in [0.25, 0.3) is 0 Å². The quantitative estimate of drug-likeness (QED) is 0.729. The van der Waals surface area contributed by atoms with Gasteiger partial charge in [0.05, 0.1) is 11.3 Å². The first-order chi connectivity index (χ1) is 8.16. The second kappa shape index (κ2) is 4.80. The molecule has 5 nitrogen and oxygen atoms in total. The molecule has 0 bridgehead atoms. The van der Waals surface area contributed by atoms with Gasteiger partial charge < -0.3 is 15.8 Å². The van der Waals surface area contributed by atoms with Gasteiger partial charge in [0, 0.05) is 0 Å². The van der Waals surface area contributed by atoms with E-state index in [4.69, 9.17) is 10.5 Å². The molecule has 1 aliphatic heterocycles. The van der Waals surface area contributed by atoms with Crippen LogP contribution in [0, 0.1) is 0 Å². The lowest BCUT2D eigenvalue weighted by Crippen LogP contribution is -2.32. The van der Waals surface area contributed by atoms with Crippen LogP contribution in [0.1, 0.15) is 10.4 Å². The number of carbonyl (C=O) groups is 2. The van der Waals surface area contributed by atoms with Gasteiger partial charge in [0.2, 0.25) is 5.91 Å². The van der Waals surface area contributed by atoms with Crippen LogP contribution in [0.5, 0.6) is 0 Å². The minimum atomic E-state index is -0.652. The molecule has 0 saturated carbocycles.